The fourth-order valence-electron chi connectivity index (χ4n) is 10.5. The van der Waals surface area contributed by atoms with Crippen LogP contribution in [0.1, 0.15) is 228 Å². The average Bonchev–Trinajstić information content (AvgIpc) is 4.21. The zero-order valence-corrected chi connectivity index (χ0v) is 47.6. The molecule has 0 spiro atoms. The Kier molecular flexibility index (Phi) is 24.9. The predicted molar refractivity (Wildman–Crippen MR) is 306 cm³/mol. The van der Waals surface area contributed by atoms with Crippen LogP contribution in [0.4, 0.5) is 8.78 Å². The standard InChI is InChI=1S/C60H86F2N2S5/c1-7-11-15-19-21-25-29-32-45(31-27-23-17-13-9-3)39-47-41-52(66-44(47)6)54-56(61)57(62)55(59-58(54)63-69-64-59)53-42-48(60(68-53)51-38-37-50(67-51)49-36-35-43(5)65-49)40-46(33-28-24-18-14-10-4)34-30-26-22-20-16-12-8-2/h35-38,41-42,45-46H,7-34,39-40H2,1-6H3. The minimum Gasteiger partial charge on any atom is -0.203 e. The largest absolute Gasteiger partial charge is 0.203 e. The smallest absolute Gasteiger partial charge is 0.170 e. The van der Waals surface area contributed by atoms with E-state index < -0.39 is 11.6 Å². The highest BCUT2D eigenvalue weighted by atomic mass is 32.1. The number of fused-ring (bicyclic) bond motifs is 1. The molecule has 2 nitrogen and oxygen atoms in total. The van der Waals surface area contributed by atoms with Crippen molar-refractivity contribution in [1.29, 1.82) is 0 Å². The first-order chi connectivity index (χ1) is 33.8. The lowest BCUT2D eigenvalue weighted by molar-refractivity contribution is 0.401. The Labute approximate surface area is 437 Å². The van der Waals surface area contributed by atoms with Crippen molar-refractivity contribution in [3.8, 4) is 40.4 Å². The molecule has 5 aromatic heterocycles. The monoisotopic (exact) mass is 1030 g/mol. The molecule has 0 aliphatic carbocycles. The number of hydrogen-bond donors (Lipinski definition) is 0. The Morgan fingerprint density at radius 3 is 1.28 bits per heavy atom. The highest BCUT2D eigenvalue weighted by molar-refractivity contribution is 7.27. The van der Waals surface area contributed by atoms with E-state index in [4.69, 9.17) is 8.75 Å². The van der Waals surface area contributed by atoms with Crippen LogP contribution in [-0.2, 0) is 12.8 Å². The number of halogens is 2. The van der Waals surface area contributed by atoms with Crippen LogP contribution in [0.3, 0.4) is 0 Å². The SMILES string of the molecule is CCCCCCCCCC(CCCCCCC)Cc1cc(-c2c(F)c(F)c(-c3cc(CC(CCCCCCC)CCCCCCCCC)c(-c4ccc(-c5ccc(C)s5)s4)s3)c3nsnc23)sc1C. The lowest BCUT2D eigenvalue weighted by atomic mass is 9.88. The second kappa shape index (κ2) is 30.7. The number of rotatable bonds is 36. The Hall–Kier alpha value is -2.30. The molecule has 0 bridgehead atoms. The lowest BCUT2D eigenvalue weighted by Gasteiger charge is -2.17. The molecular weight excluding hydrogens is 947 g/mol. The molecule has 0 saturated carbocycles. The third kappa shape index (κ3) is 16.9. The first kappa shape index (κ1) is 56.0. The second-order valence-electron chi connectivity index (χ2n) is 20.4. The minimum atomic E-state index is -0.794. The van der Waals surface area contributed by atoms with Gasteiger partial charge in [0, 0.05) is 39.0 Å². The highest BCUT2D eigenvalue weighted by Gasteiger charge is 2.29. The van der Waals surface area contributed by atoms with Gasteiger partial charge < -0.3 is 0 Å². The molecule has 0 amide bonds. The van der Waals surface area contributed by atoms with Crippen LogP contribution < -0.4 is 0 Å². The normalized spacial score (nSPS) is 12.8. The van der Waals surface area contributed by atoms with Crippen molar-refractivity contribution in [3.63, 3.8) is 0 Å². The van der Waals surface area contributed by atoms with Crippen LogP contribution in [0.2, 0.25) is 0 Å². The number of thiophene rings is 4. The zero-order valence-electron chi connectivity index (χ0n) is 43.5. The van der Waals surface area contributed by atoms with E-state index in [0.29, 0.717) is 22.9 Å². The van der Waals surface area contributed by atoms with Gasteiger partial charge in [-0.25, -0.2) is 8.78 Å². The molecule has 0 N–H and O–H groups in total. The van der Waals surface area contributed by atoms with E-state index in [9.17, 15) is 0 Å². The van der Waals surface area contributed by atoms with E-state index in [1.807, 2.05) is 22.7 Å². The fraction of sp³-hybridized carbons (Fsp3) is 0.633. The number of nitrogens with zero attached hydrogens (tertiary/aromatic N) is 2. The van der Waals surface area contributed by atoms with Crippen LogP contribution in [0, 0.1) is 37.3 Å². The molecule has 5 heterocycles. The Balaban J connectivity index is 1.30. The van der Waals surface area contributed by atoms with E-state index in [0.717, 1.165) is 34.3 Å². The second-order valence-corrected chi connectivity index (χ2v) is 25.6. The molecule has 380 valence electrons. The third-order valence-electron chi connectivity index (χ3n) is 14.6. The number of hydrogen-bond acceptors (Lipinski definition) is 7. The molecule has 0 fully saturated rings. The van der Waals surface area contributed by atoms with Gasteiger partial charge in [0.25, 0.3) is 0 Å². The van der Waals surface area contributed by atoms with Crippen molar-refractivity contribution in [3.05, 3.63) is 68.9 Å². The van der Waals surface area contributed by atoms with Gasteiger partial charge in [0.2, 0.25) is 0 Å². The van der Waals surface area contributed by atoms with E-state index in [2.05, 4.69) is 77.9 Å². The van der Waals surface area contributed by atoms with E-state index in [1.165, 1.54) is 220 Å². The molecule has 1 aromatic carbocycles. The van der Waals surface area contributed by atoms with Crippen LogP contribution in [0.5, 0.6) is 0 Å². The lowest BCUT2D eigenvalue weighted by Crippen LogP contribution is -2.06. The number of aryl methyl sites for hydroxylation is 2. The molecule has 6 aromatic rings. The van der Waals surface area contributed by atoms with Crippen molar-refractivity contribution in [2.75, 3.05) is 0 Å². The topological polar surface area (TPSA) is 25.8 Å². The first-order valence-electron chi connectivity index (χ1n) is 27.8. The summed E-state index contributed by atoms with van der Waals surface area (Å²) in [4.78, 5) is 8.98. The maximum Gasteiger partial charge on any atom is 0.170 e. The first-order valence-corrected chi connectivity index (χ1v) is 31.8. The molecule has 0 aliphatic heterocycles. The van der Waals surface area contributed by atoms with Gasteiger partial charge >= 0.3 is 0 Å². The molecule has 2 atom stereocenters. The number of unbranched alkanes of at least 4 members (excludes halogenated alkanes) is 20. The van der Waals surface area contributed by atoms with Gasteiger partial charge in [-0.15, -0.1) is 45.3 Å². The Morgan fingerprint density at radius 1 is 0.420 bits per heavy atom. The molecule has 2 unspecified atom stereocenters. The highest BCUT2D eigenvalue weighted by Crippen LogP contribution is 2.49. The van der Waals surface area contributed by atoms with Crippen LogP contribution in [-0.4, -0.2) is 8.75 Å². The van der Waals surface area contributed by atoms with E-state index in [1.54, 1.807) is 22.7 Å². The Morgan fingerprint density at radius 2 is 0.812 bits per heavy atom. The van der Waals surface area contributed by atoms with Crippen LogP contribution in [0.15, 0.2) is 36.4 Å². The van der Waals surface area contributed by atoms with Crippen LogP contribution in [0.25, 0.3) is 51.4 Å². The van der Waals surface area contributed by atoms with E-state index >= 15 is 8.78 Å². The summed E-state index contributed by atoms with van der Waals surface area (Å²) in [7, 11) is 0. The maximum absolute atomic E-state index is 17.3. The average molecular weight is 1030 g/mol. The summed E-state index contributed by atoms with van der Waals surface area (Å²) in [5.41, 5.74) is 4.09. The molecule has 69 heavy (non-hydrogen) atoms. The molecule has 0 saturated heterocycles. The van der Waals surface area contributed by atoms with Gasteiger partial charge in [0.1, 0.15) is 11.0 Å². The molecule has 0 aliphatic rings. The van der Waals surface area contributed by atoms with Crippen molar-refractivity contribution in [1.82, 2.24) is 8.75 Å². The Bertz CT molecular complexity index is 2360. The summed E-state index contributed by atoms with van der Waals surface area (Å²) < 4.78 is 43.9. The summed E-state index contributed by atoms with van der Waals surface area (Å²) in [6, 6.07) is 13.3. The van der Waals surface area contributed by atoms with Crippen molar-refractivity contribution >= 4 is 68.1 Å². The fourth-order valence-corrected chi connectivity index (χ4v) is 15.5. The molecule has 0 radical (unpaired) electrons. The van der Waals surface area contributed by atoms with Crippen LogP contribution >= 0.6 is 57.1 Å². The number of aromatic nitrogens is 2. The van der Waals surface area contributed by atoms with E-state index in [-0.39, 0.29) is 11.1 Å². The molecule has 9 heteroatoms. The maximum atomic E-state index is 17.3. The predicted octanol–water partition coefficient (Wildman–Crippen LogP) is 22.8. The summed E-state index contributed by atoms with van der Waals surface area (Å²) in [6.45, 7) is 13.5. The summed E-state index contributed by atoms with van der Waals surface area (Å²) >= 11 is 7.95. The molecule has 6 rings (SSSR count). The quantitative estimate of drug-likeness (QED) is 0.0367. The van der Waals surface area contributed by atoms with Gasteiger partial charge in [-0.3, -0.25) is 0 Å². The van der Waals surface area contributed by atoms with Gasteiger partial charge in [-0.05, 0) is 86.1 Å². The van der Waals surface area contributed by atoms with Gasteiger partial charge in [0.15, 0.2) is 11.6 Å². The molecular formula is C60H86F2N2S5. The number of benzene rings is 1. The third-order valence-corrected chi connectivity index (χ3v) is 19.9. The van der Waals surface area contributed by atoms with Crippen molar-refractivity contribution in [2.24, 2.45) is 11.8 Å². The van der Waals surface area contributed by atoms with Gasteiger partial charge in [-0.1, -0.05) is 207 Å². The minimum absolute atomic E-state index is 0.276. The van der Waals surface area contributed by atoms with Crippen molar-refractivity contribution in [2.45, 2.75) is 234 Å². The summed E-state index contributed by atoms with van der Waals surface area (Å²) in [5.74, 6) is -0.418. The van der Waals surface area contributed by atoms with Gasteiger partial charge in [-0.2, -0.15) is 8.75 Å². The van der Waals surface area contributed by atoms with Crippen molar-refractivity contribution < 1.29 is 8.78 Å². The van der Waals surface area contributed by atoms with Gasteiger partial charge in [0.05, 0.1) is 22.9 Å². The summed E-state index contributed by atoms with van der Waals surface area (Å²) in [5, 5.41) is 0. The zero-order chi connectivity index (χ0) is 48.8. The summed E-state index contributed by atoms with van der Waals surface area (Å²) in [6.07, 6.45) is 38.2.